The van der Waals surface area contributed by atoms with Crippen molar-refractivity contribution in [2.24, 2.45) is 0 Å². The number of rotatable bonds is 4. The fourth-order valence-corrected chi connectivity index (χ4v) is 0.885. The van der Waals surface area contributed by atoms with Gasteiger partial charge in [0.15, 0.2) is 6.04 Å². The first-order valence-electron chi connectivity index (χ1n) is 4.12. The third-order valence-corrected chi connectivity index (χ3v) is 1.64. The molecule has 0 fully saturated rings. The van der Waals surface area contributed by atoms with Crippen molar-refractivity contribution < 1.29 is 24.3 Å². The molecule has 0 aliphatic carbocycles. The highest BCUT2D eigenvalue weighted by Crippen LogP contribution is 2.02. The lowest BCUT2D eigenvalue weighted by Gasteiger charge is -2.09. The largest absolute Gasteiger partial charge is 0.480 e. The molecule has 82 valence electrons. The second kappa shape index (κ2) is 4.56. The zero-order valence-corrected chi connectivity index (χ0v) is 7.93. The van der Waals surface area contributed by atoms with Crippen LogP contribution in [0, 0.1) is 6.92 Å². The number of carboxylic acid groups (broad SMARTS) is 1. The van der Waals surface area contributed by atoms with Gasteiger partial charge in [0.05, 0.1) is 12.3 Å². The minimum atomic E-state index is -1.34. The zero-order valence-electron chi connectivity index (χ0n) is 7.93. The van der Waals surface area contributed by atoms with Gasteiger partial charge in [-0.3, -0.25) is 4.79 Å². The van der Waals surface area contributed by atoms with E-state index in [4.69, 9.17) is 10.2 Å². The summed E-state index contributed by atoms with van der Waals surface area (Å²) in [7, 11) is 0. The van der Waals surface area contributed by atoms with E-state index >= 15 is 0 Å². The van der Waals surface area contributed by atoms with E-state index in [1.54, 1.807) is 6.92 Å². The van der Waals surface area contributed by atoms with Crippen LogP contribution in [0.3, 0.4) is 0 Å². The molecule has 1 aromatic heterocycles. The predicted octanol–water partition coefficient (Wildman–Crippen LogP) is -0.842. The molecule has 3 N–H and O–H groups in total. The zero-order chi connectivity index (χ0) is 11.4. The van der Waals surface area contributed by atoms with Gasteiger partial charge in [-0.15, -0.1) is 0 Å². The maximum Gasteiger partial charge on any atom is 0.328 e. The molecular formula is C8H10N2O5. The van der Waals surface area contributed by atoms with Crippen LogP contribution < -0.4 is 5.32 Å². The molecule has 1 heterocycles. The van der Waals surface area contributed by atoms with Gasteiger partial charge in [0.1, 0.15) is 0 Å². The smallest absolute Gasteiger partial charge is 0.328 e. The molecule has 0 aliphatic heterocycles. The van der Waals surface area contributed by atoms with Crippen LogP contribution in [-0.4, -0.2) is 39.9 Å². The number of carboxylic acids is 1. The topological polar surface area (TPSA) is 113 Å². The van der Waals surface area contributed by atoms with Crippen molar-refractivity contribution in [1.82, 2.24) is 10.5 Å². The fraction of sp³-hybridized carbons (Fsp3) is 0.375. The molecule has 0 spiro atoms. The molecule has 7 heteroatoms. The quantitative estimate of drug-likeness (QED) is 0.602. The van der Waals surface area contributed by atoms with Crippen molar-refractivity contribution >= 4 is 11.9 Å². The second-order valence-corrected chi connectivity index (χ2v) is 2.88. The third kappa shape index (κ3) is 2.78. The number of carbonyl (C=O) groups excluding carboxylic acids is 1. The average molecular weight is 214 g/mol. The highest BCUT2D eigenvalue weighted by molar-refractivity contribution is 5.94. The van der Waals surface area contributed by atoms with Crippen LogP contribution in [0.4, 0.5) is 0 Å². The van der Waals surface area contributed by atoms with Gasteiger partial charge < -0.3 is 20.1 Å². The first-order chi connectivity index (χ1) is 7.04. The number of nitrogens with one attached hydrogen (secondary N) is 1. The number of aliphatic hydroxyl groups is 1. The Bertz CT molecular complexity index is 373. The monoisotopic (exact) mass is 214 g/mol. The van der Waals surface area contributed by atoms with Gasteiger partial charge in [-0.1, -0.05) is 5.16 Å². The summed E-state index contributed by atoms with van der Waals surface area (Å²) in [6.45, 7) is 0.940. The van der Waals surface area contributed by atoms with Gasteiger partial charge >= 0.3 is 5.97 Å². The molecule has 0 aliphatic rings. The highest BCUT2D eigenvalue weighted by Gasteiger charge is 2.21. The number of nitrogens with zero attached hydrogens (tertiary/aromatic N) is 1. The van der Waals surface area contributed by atoms with Crippen molar-refractivity contribution in [3.63, 3.8) is 0 Å². The molecule has 0 aromatic carbocycles. The predicted molar refractivity (Wildman–Crippen MR) is 47.2 cm³/mol. The van der Waals surface area contributed by atoms with E-state index in [0.717, 1.165) is 0 Å². The summed E-state index contributed by atoms with van der Waals surface area (Å²) in [6.07, 6.45) is 0. The molecule has 0 bridgehead atoms. The van der Waals surface area contributed by atoms with Gasteiger partial charge in [-0.25, -0.2) is 4.79 Å². The van der Waals surface area contributed by atoms with E-state index < -0.39 is 24.5 Å². The normalized spacial score (nSPS) is 12.1. The Labute approximate surface area is 84.7 Å². The lowest BCUT2D eigenvalue weighted by Crippen LogP contribution is -2.43. The molecule has 7 nitrogen and oxygen atoms in total. The maximum absolute atomic E-state index is 11.3. The van der Waals surface area contributed by atoms with Gasteiger partial charge in [-0.05, 0) is 6.92 Å². The van der Waals surface area contributed by atoms with Crippen LogP contribution >= 0.6 is 0 Å². The summed E-state index contributed by atoms with van der Waals surface area (Å²) in [5, 5.41) is 22.8. The van der Waals surface area contributed by atoms with Gasteiger partial charge in [-0.2, -0.15) is 0 Å². The highest BCUT2D eigenvalue weighted by atomic mass is 16.5. The number of hydrogen-bond donors (Lipinski definition) is 3. The first-order valence-corrected chi connectivity index (χ1v) is 4.12. The molecule has 1 atom stereocenters. The maximum atomic E-state index is 11.3. The molecular weight excluding hydrogens is 204 g/mol. The number of aromatic nitrogens is 1. The van der Waals surface area contributed by atoms with E-state index in [-0.39, 0.29) is 5.76 Å². The summed E-state index contributed by atoms with van der Waals surface area (Å²) >= 11 is 0. The molecule has 1 rings (SSSR count). The Hall–Kier alpha value is -1.89. The minimum absolute atomic E-state index is 0.0906. The first kappa shape index (κ1) is 11.2. The van der Waals surface area contributed by atoms with Crippen LogP contribution in [0.15, 0.2) is 10.6 Å². The van der Waals surface area contributed by atoms with Crippen molar-refractivity contribution in [3.8, 4) is 0 Å². The van der Waals surface area contributed by atoms with Gasteiger partial charge in [0.2, 0.25) is 5.76 Å². The molecule has 0 saturated heterocycles. The van der Waals surface area contributed by atoms with Crippen LogP contribution in [-0.2, 0) is 4.79 Å². The Morgan fingerprint density at radius 3 is 2.73 bits per heavy atom. The number of amides is 1. The van der Waals surface area contributed by atoms with Crippen LogP contribution in [0.1, 0.15) is 16.2 Å². The summed E-state index contributed by atoms with van der Waals surface area (Å²) < 4.78 is 4.61. The Kier molecular flexibility index (Phi) is 3.40. The molecule has 15 heavy (non-hydrogen) atoms. The van der Waals surface area contributed by atoms with Crippen molar-refractivity contribution in [2.75, 3.05) is 6.61 Å². The van der Waals surface area contributed by atoms with E-state index in [2.05, 4.69) is 15.0 Å². The Balaban J connectivity index is 2.66. The average Bonchev–Trinajstić information content (AvgIpc) is 2.60. The van der Waals surface area contributed by atoms with E-state index in [9.17, 15) is 9.59 Å². The van der Waals surface area contributed by atoms with E-state index in [1.165, 1.54) is 6.07 Å². The van der Waals surface area contributed by atoms with Gasteiger partial charge in [0, 0.05) is 6.07 Å². The van der Waals surface area contributed by atoms with Crippen molar-refractivity contribution in [3.05, 3.63) is 17.5 Å². The molecule has 0 radical (unpaired) electrons. The summed E-state index contributed by atoms with van der Waals surface area (Å²) in [5.74, 6) is -2.13. The molecule has 1 amide bonds. The number of carbonyl (C=O) groups is 2. The SMILES string of the molecule is Cc1cc(C(=O)N[C@@H](CO)C(=O)O)on1. The Morgan fingerprint density at radius 2 is 2.33 bits per heavy atom. The summed E-state index contributed by atoms with van der Waals surface area (Å²) in [5.41, 5.74) is 0.510. The summed E-state index contributed by atoms with van der Waals surface area (Å²) in [4.78, 5) is 21.8. The number of aliphatic hydroxyl groups excluding tert-OH is 1. The van der Waals surface area contributed by atoms with Crippen molar-refractivity contribution in [2.45, 2.75) is 13.0 Å². The molecule has 0 unspecified atom stereocenters. The lowest BCUT2D eigenvalue weighted by atomic mass is 10.3. The Morgan fingerprint density at radius 1 is 1.67 bits per heavy atom. The fourth-order valence-electron chi connectivity index (χ4n) is 0.885. The van der Waals surface area contributed by atoms with E-state index in [1.807, 2.05) is 0 Å². The number of aryl methyl sites for hydroxylation is 1. The lowest BCUT2D eigenvalue weighted by molar-refractivity contribution is -0.140. The third-order valence-electron chi connectivity index (χ3n) is 1.64. The molecule has 0 saturated carbocycles. The minimum Gasteiger partial charge on any atom is -0.480 e. The van der Waals surface area contributed by atoms with Crippen LogP contribution in [0.5, 0.6) is 0 Å². The van der Waals surface area contributed by atoms with Crippen LogP contribution in [0.2, 0.25) is 0 Å². The summed E-state index contributed by atoms with van der Waals surface area (Å²) in [6, 6.07) is 0.0222. The number of aliphatic carboxylic acids is 1. The number of hydrogen-bond acceptors (Lipinski definition) is 5. The van der Waals surface area contributed by atoms with Crippen LogP contribution in [0.25, 0.3) is 0 Å². The van der Waals surface area contributed by atoms with Gasteiger partial charge in [0.25, 0.3) is 5.91 Å². The molecule has 1 aromatic rings. The van der Waals surface area contributed by atoms with E-state index in [0.29, 0.717) is 5.69 Å². The standard InChI is InChI=1S/C8H10N2O5/c1-4-2-6(15-10-4)7(12)9-5(3-11)8(13)14/h2,5,11H,3H2,1H3,(H,9,12)(H,13,14)/t5-/m0/s1. The second-order valence-electron chi connectivity index (χ2n) is 2.88. The van der Waals surface area contributed by atoms with Crippen molar-refractivity contribution in [1.29, 1.82) is 0 Å².